The molecule has 0 radical (unpaired) electrons. The lowest BCUT2D eigenvalue weighted by molar-refractivity contribution is -0.141. The highest BCUT2D eigenvalue weighted by molar-refractivity contribution is 5.86. The van der Waals surface area contributed by atoms with Crippen LogP contribution in [0.5, 0.6) is 0 Å². The molecule has 2 fully saturated rings. The third-order valence-electron chi connectivity index (χ3n) is 2.92. The summed E-state index contributed by atoms with van der Waals surface area (Å²) in [7, 11) is 0. The smallest absolute Gasteiger partial charge is 0.231 e. The van der Waals surface area contributed by atoms with Gasteiger partial charge in [0.2, 0.25) is 5.91 Å². The maximum atomic E-state index is 12.9. The molecule has 74 valence electrons. The maximum Gasteiger partial charge on any atom is 0.231 e. The Labute approximate surface area is 76.8 Å². The molecule has 4 heteroatoms. The summed E-state index contributed by atoms with van der Waals surface area (Å²) in [5.41, 5.74) is -0.711. The van der Waals surface area contributed by atoms with Crippen molar-refractivity contribution in [3.63, 3.8) is 0 Å². The van der Waals surface area contributed by atoms with Gasteiger partial charge in [0.15, 0.2) is 0 Å². The molecule has 3 nitrogen and oxygen atoms in total. The summed E-state index contributed by atoms with van der Waals surface area (Å²) in [5.74, 6) is -0.0386. The molecule has 2 unspecified atom stereocenters. The zero-order chi connectivity index (χ0) is 9.47. The van der Waals surface area contributed by atoms with Crippen molar-refractivity contribution in [1.29, 1.82) is 0 Å². The molecule has 2 aliphatic rings. The van der Waals surface area contributed by atoms with Crippen LogP contribution in [0, 0.1) is 5.41 Å². The number of rotatable bonds is 1. The van der Waals surface area contributed by atoms with E-state index in [0.717, 1.165) is 0 Å². The van der Waals surface area contributed by atoms with Gasteiger partial charge in [0, 0.05) is 13.1 Å². The Morgan fingerprint density at radius 1 is 1.54 bits per heavy atom. The first-order chi connectivity index (χ1) is 6.14. The minimum atomic E-state index is -0.928. The monoisotopic (exact) mass is 187 g/mol. The van der Waals surface area contributed by atoms with Gasteiger partial charge in [-0.25, -0.2) is 4.39 Å². The molecule has 1 saturated heterocycles. The van der Waals surface area contributed by atoms with Crippen molar-refractivity contribution in [3.05, 3.63) is 0 Å². The highest BCUT2D eigenvalue weighted by atomic mass is 19.1. The molecule has 0 N–H and O–H groups in total. The van der Waals surface area contributed by atoms with Gasteiger partial charge >= 0.3 is 0 Å². The molecule has 1 amide bonds. The molecule has 1 heterocycles. The van der Waals surface area contributed by atoms with Gasteiger partial charge in [0.05, 0.1) is 18.6 Å². The van der Waals surface area contributed by atoms with Gasteiger partial charge in [0.25, 0.3) is 0 Å². The second kappa shape index (κ2) is 2.94. The van der Waals surface area contributed by atoms with E-state index in [0.29, 0.717) is 32.7 Å². The van der Waals surface area contributed by atoms with Gasteiger partial charge in [-0.2, -0.15) is 0 Å². The molecule has 0 aromatic rings. The minimum absolute atomic E-state index is 0.0386. The topological polar surface area (TPSA) is 29.5 Å². The van der Waals surface area contributed by atoms with Crippen molar-refractivity contribution in [3.8, 4) is 0 Å². The van der Waals surface area contributed by atoms with Crippen LogP contribution in [0.3, 0.4) is 0 Å². The minimum Gasteiger partial charge on any atom is -0.378 e. The van der Waals surface area contributed by atoms with Crippen LogP contribution < -0.4 is 0 Å². The number of morpholine rings is 1. The van der Waals surface area contributed by atoms with Gasteiger partial charge in [-0.05, 0) is 13.3 Å². The van der Waals surface area contributed by atoms with Crippen molar-refractivity contribution >= 4 is 5.91 Å². The number of nitrogens with zero attached hydrogens (tertiary/aromatic N) is 1. The van der Waals surface area contributed by atoms with E-state index in [1.807, 2.05) is 0 Å². The molecular formula is C9H14FNO2. The zero-order valence-electron chi connectivity index (χ0n) is 7.75. The highest BCUT2D eigenvalue weighted by Crippen LogP contribution is 2.49. The summed E-state index contributed by atoms with van der Waals surface area (Å²) in [6.07, 6.45) is -0.536. The fourth-order valence-electron chi connectivity index (χ4n) is 1.66. The lowest BCUT2D eigenvalue weighted by atomic mass is 10.1. The predicted molar refractivity (Wildman–Crippen MR) is 45.0 cm³/mol. The van der Waals surface area contributed by atoms with E-state index in [-0.39, 0.29) is 5.91 Å². The van der Waals surface area contributed by atoms with Gasteiger partial charge in [-0.3, -0.25) is 4.79 Å². The molecule has 0 bridgehead atoms. The summed E-state index contributed by atoms with van der Waals surface area (Å²) in [6.45, 7) is 4.09. The predicted octanol–water partition coefficient (Wildman–Crippen LogP) is 0.593. The third-order valence-corrected chi connectivity index (χ3v) is 2.92. The Morgan fingerprint density at radius 2 is 2.08 bits per heavy atom. The average molecular weight is 187 g/mol. The molecule has 0 aromatic heterocycles. The average Bonchev–Trinajstić information content (AvgIpc) is 2.76. The normalized spacial score (nSPS) is 38.9. The Kier molecular flexibility index (Phi) is 2.02. The zero-order valence-corrected chi connectivity index (χ0v) is 7.75. The summed E-state index contributed by atoms with van der Waals surface area (Å²) in [5, 5.41) is 0. The van der Waals surface area contributed by atoms with Crippen molar-refractivity contribution in [1.82, 2.24) is 4.90 Å². The first-order valence-electron chi connectivity index (χ1n) is 4.66. The van der Waals surface area contributed by atoms with E-state index >= 15 is 0 Å². The van der Waals surface area contributed by atoms with Crippen LogP contribution in [0.2, 0.25) is 0 Å². The van der Waals surface area contributed by atoms with E-state index < -0.39 is 11.6 Å². The van der Waals surface area contributed by atoms with E-state index in [2.05, 4.69) is 0 Å². The van der Waals surface area contributed by atoms with Crippen LogP contribution in [0.15, 0.2) is 0 Å². The van der Waals surface area contributed by atoms with Crippen LogP contribution in [0.1, 0.15) is 13.3 Å². The Hall–Kier alpha value is -0.640. The molecule has 2 atom stereocenters. The van der Waals surface area contributed by atoms with Gasteiger partial charge in [-0.1, -0.05) is 0 Å². The van der Waals surface area contributed by atoms with Crippen LogP contribution in [-0.2, 0) is 9.53 Å². The fourth-order valence-corrected chi connectivity index (χ4v) is 1.66. The quantitative estimate of drug-likeness (QED) is 0.601. The number of carbonyl (C=O) groups excluding carboxylic acids is 1. The summed E-state index contributed by atoms with van der Waals surface area (Å²) < 4.78 is 18.0. The highest BCUT2D eigenvalue weighted by Gasteiger charge is 2.58. The largest absolute Gasteiger partial charge is 0.378 e. The molecule has 0 aromatic carbocycles. The van der Waals surface area contributed by atoms with Crippen LogP contribution in [0.4, 0.5) is 4.39 Å². The molecule has 13 heavy (non-hydrogen) atoms. The van der Waals surface area contributed by atoms with Gasteiger partial charge < -0.3 is 9.64 Å². The van der Waals surface area contributed by atoms with Crippen LogP contribution in [0.25, 0.3) is 0 Å². The summed E-state index contributed by atoms with van der Waals surface area (Å²) in [4.78, 5) is 13.4. The number of amides is 1. The number of hydrogen-bond donors (Lipinski definition) is 0. The number of alkyl halides is 1. The number of halogens is 1. The van der Waals surface area contributed by atoms with Crippen LogP contribution in [-0.4, -0.2) is 43.3 Å². The molecule has 1 aliphatic carbocycles. The van der Waals surface area contributed by atoms with Crippen LogP contribution >= 0.6 is 0 Å². The number of hydrogen-bond acceptors (Lipinski definition) is 2. The summed E-state index contributed by atoms with van der Waals surface area (Å²) in [6, 6.07) is 0. The maximum absolute atomic E-state index is 12.9. The van der Waals surface area contributed by atoms with E-state index in [9.17, 15) is 9.18 Å². The SMILES string of the molecule is CC1(C(=O)N2CCOCC2)CC1F. The first-order valence-corrected chi connectivity index (χ1v) is 4.66. The van der Waals surface area contributed by atoms with Gasteiger partial charge in [-0.15, -0.1) is 0 Å². The number of ether oxygens (including phenoxy) is 1. The first kappa shape index (κ1) is 8.94. The Morgan fingerprint density at radius 3 is 2.54 bits per heavy atom. The molecule has 1 aliphatic heterocycles. The standard InChI is InChI=1S/C9H14FNO2/c1-9(6-7(9)10)8(12)11-2-4-13-5-3-11/h7H,2-6H2,1H3. The number of carbonyl (C=O) groups is 1. The molecule has 2 rings (SSSR count). The van der Waals surface area contributed by atoms with Gasteiger partial charge in [0.1, 0.15) is 6.17 Å². The Balaban J connectivity index is 1.96. The lowest BCUT2D eigenvalue weighted by Crippen LogP contribution is -2.44. The summed E-state index contributed by atoms with van der Waals surface area (Å²) >= 11 is 0. The van der Waals surface area contributed by atoms with Crippen molar-refractivity contribution < 1.29 is 13.9 Å². The fraction of sp³-hybridized carbons (Fsp3) is 0.889. The van der Waals surface area contributed by atoms with Crippen molar-refractivity contribution in [2.45, 2.75) is 19.5 Å². The molecule has 1 saturated carbocycles. The van der Waals surface area contributed by atoms with E-state index in [1.165, 1.54) is 0 Å². The Bertz CT molecular complexity index is 228. The van der Waals surface area contributed by atoms with Crippen molar-refractivity contribution in [2.24, 2.45) is 5.41 Å². The van der Waals surface area contributed by atoms with E-state index in [1.54, 1.807) is 11.8 Å². The third kappa shape index (κ3) is 1.43. The molecule has 0 spiro atoms. The molecular weight excluding hydrogens is 173 g/mol. The second-order valence-electron chi connectivity index (χ2n) is 3.99. The second-order valence-corrected chi connectivity index (χ2v) is 3.99. The van der Waals surface area contributed by atoms with Crippen molar-refractivity contribution in [2.75, 3.05) is 26.3 Å². The van der Waals surface area contributed by atoms with E-state index in [4.69, 9.17) is 4.74 Å². The lowest BCUT2D eigenvalue weighted by Gasteiger charge is -2.29.